The third-order valence-electron chi connectivity index (χ3n) is 4.01. The fourth-order valence-electron chi connectivity index (χ4n) is 2.79. The van der Waals surface area contributed by atoms with Crippen LogP contribution in [0.5, 0.6) is 5.75 Å². The number of hydrogen-bond donors (Lipinski definition) is 0. The Morgan fingerprint density at radius 3 is 2.47 bits per heavy atom. The van der Waals surface area contributed by atoms with E-state index < -0.39 is 0 Å². The average Bonchev–Trinajstić information content (AvgIpc) is 3.03. The lowest BCUT2D eigenvalue weighted by Crippen LogP contribution is -2.12. The summed E-state index contributed by atoms with van der Waals surface area (Å²) in [4.78, 5) is 0. The van der Waals surface area contributed by atoms with E-state index in [9.17, 15) is 4.39 Å². The predicted molar refractivity (Wildman–Crippen MR) is 66.0 cm³/mol. The molecule has 0 amide bonds. The quantitative estimate of drug-likeness (QED) is 0.756. The second-order valence-electron chi connectivity index (χ2n) is 5.39. The van der Waals surface area contributed by atoms with E-state index >= 15 is 0 Å². The average molecular weight is 234 g/mol. The van der Waals surface area contributed by atoms with Crippen molar-refractivity contribution >= 4 is 0 Å². The van der Waals surface area contributed by atoms with Crippen LogP contribution in [-0.4, -0.2) is 6.10 Å². The molecule has 2 heteroatoms. The molecular formula is C15H19FO. The number of ether oxygens (including phenoxy) is 1. The van der Waals surface area contributed by atoms with E-state index in [1.165, 1.54) is 31.2 Å². The van der Waals surface area contributed by atoms with Crippen LogP contribution in [-0.2, 0) is 0 Å². The smallest absolute Gasteiger partial charge is 0.168 e. The van der Waals surface area contributed by atoms with Gasteiger partial charge in [-0.15, -0.1) is 0 Å². The molecule has 0 saturated heterocycles. The van der Waals surface area contributed by atoms with Crippen LogP contribution >= 0.6 is 0 Å². The molecule has 17 heavy (non-hydrogen) atoms. The molecule has 0 spiro atoms. The molecule has 3 rings (SSSR count). The first-order chi connectivity index (χ1) is 8.25. The summed E-state index contributed by atoms with van der Waals surface area (Å²) in [6, 6.07) is 3.88. The Kier molecular flexibility index (Phi) is 2.81. The van der Waals surface area contributed by atoms with Gasteiger partial charge in [0.05, 0.1) is 6.10 Å². The summed E-state index contributed by atoms with van der Waals surface area (Å²) < 4.78 is 19.9. The van der Waals surface area contributed by atoms with E-state index in [1.807, 2.05) is 13.0 Å². The van der Waals surface area contributed by atoms with E-state index in [0.717, 1.165) is 18.4 Å². The highest BCUT2D eigenvalue weighted by Gasteiger charge is 2.27. The van der Waals surface area contributed by atoms with Crippen molar-refractivity contribution in [3.63, 3.8) is 0 Å². The molecule has 0 heterocycles. The van der Waals surface area contributed by atoms with Gasteiger partial charge in [0.1, 0.15) is 0 Å². The summed E-state index contributed by atoms with van der Waals surface area (Å²) in [5.41, 5.74) is 1.98. The maximum absolute atomic E-state index is 14.2. The van der Waals surface area contributed by atoms with Crippen molar-refractivity contribution in [3.8, 4) is 5.75 Å². The van der Waals surface area contributed by atoms with Crippen LogP contribution in [0.3, 0.4) is 0 Å². The van der Waals surface area contributed by atoms with E-state index in [4.69, 9.17) is 4.74 Å². The van der Waals surface area contributed by atoms with E-state index in [1.54, 1.807) is 0 Å². The fourth-order valence-corrected chi connectivity index (χ4v) is 2.79. The Hall–Kier alpha value is -1.05. The van der Waals surface area contributed by atoms with E-state index in [-0.39, 0.29) is 11.9 Å². The van der Waals surface area contributed by atoms with Gasteiger partial charge in [-0.05, 0) is 68.6 Å². The Balaban J connectivity index is 1.82. The van der Waals surface area contributed by atoms with Crippen molar-refractivity contribution in [1.29, 1.82) is 0 Å². The van der Waals surface area contributed by atoms with Crippen LogP contribution in [0.2, 0.25) is 0 Å². The molecule has 0 aromatic heterocycles. The normalized spacial score (nSPS) is 20.8. The van der Waals surface area contributed by atoms with Gasteiger partial charge >= 0.3 is 0 Å². The maximum Gasteiger partial charge on any atom is 0.168 e. The highest BCUT2D eigenvalue weighted by atomic mass is 19.1. The SMILES string of the molecule is Cc1c(C2CC2)ccc(OC2CCCC2)c1F. The Morgan fingerprint density at radius 1 is 1.12 bits per heavy atom. The molecule has 0 radical (unpaired) electrons. The largest absolute Gasteiger partial charge is 0.487 e. The minimum absolute atomic E-state index is 0.138. The molecule has 0 aliphatic heterocycles. The second kappa shape index (κ2) is 4.32. The molecule has 92 valence electrons. The van der Waals surface area contributed by atoms with Gasteiger partial charge in [0.2, 0.25) is 0 Å². The van der Waals surface area contributed by atoms with Gasteiger partial charge in [0, 0.05) is 0 Å². The monoisotopic (exact) mass is 234 g/mol. The zero-order valence-electron chi connectivity index (χ0n) is 10.3. The van der Waals surface area contributed by atoms with Crippen LogP contribution < -0.4 is 4.74 Å². The van der Waals surface area contributed by atoms with Gasteiger partial charge in [-0.2, -0.15) is 0 Å². The Morgan fingerprint density at radius 2 is 1.82 bits per heavy atom. The molecule has 0 N–H and O–H groups in total. The first-order valence-corrected chi connectivity index (χ1v) is 6.71. The predicted octanol–water partition coefficient (Wildman–Crippen LogP) is 4.33. The first kappa shape index (κ1) is 11.1. The number of rotatable bonds is 3. The van der Waals surface area contributed by atoms with Gasteiger partial charge in [-0.3, -0.25) is 0 Å². The molecule has 2 fully saturated rings. The minimum Gasteiger partial charge on any atom is -0.487 e. The van der Waals surface area contributed by atoms with Crippen LogP contribution in [0.1, 0.15) is 55.6 Å². The van der Waals surface area contributed by atoms with Gasteiger partial charge in [0.15, 0.2) is 11.6 Å². The molecule has 1 aromatic carbocycles. The van der Waals surface area contributed by atoms with Crippen LogP contribution in [0.4, 0.5) is 4.39 Å². The van der Waals surface area contributed by atoms with Crippen molar-refractivity contribution in [2.24, 2.45) is 0 Å². The van der Waals surface area contributed by atoms with Crippen LogP contribution in [0.15, 0.2) is 12.1 Å². The molecule has 1 aromatic rings. The van der Waals surface area contributed by atoms with Gasteiger partial charge in [-0.1, -0.05) is 6.07 Å². The Labute approximate surface area is 102 Å². The van der Waals surface area contributed by atoms with Crippen molar-refractivity contribution in [2.45, 2.75) is 57.5 Å². The first-order valence-electron chi connectivity index (χ1n) is 6.71. The zero-order chi connectivity index (χ0) is 11.8. The van der Waals surface area contributed by atoms with Gasteiger partial charge < -0.3 is 4.74 Å². The topological polar surface area (TPSA) is 9.23 Å². The molecule has 2 aliphatic rings. The third-order valence-corrected chi connectivity index (χ3v) is 4.01. The molecule has 1 nitrogen and oxygen atoms in total. The lowest BCUT2D eigenvalue weighted by molar-refractivity contribution is 0.200. The molecule has 2 aliphatic carbocycles. The molecular weight excluding hydrogens is 215 g/mol. The fraction of sp³-hybridized carbons (Fsp3) is 0.600. The molecule has 0 bridgehead atoms. The summed E-state index contributed by atoms with van der Waals surface area (Å²) in [5.74, 6) is 0.921. The lowest BCUT2D eigenvalue weighted by Gasteiger charge is -2.16. The standard InChI is InChI=1S/C15H19FO/c1-10-13(11-6-7-11)8-9-14(15(10)16)17-12-4-2-3-5-12/h8-9,11-12H,2-7H2,1H3. The lowest BCUT2D eigenvalue weighted by atomic mass is 10.0. The maximum atomic E-state index is 14.2. The van der Waals surface area contributed by atoms with Gasteiger partial charge in [0.25, 0.3) is 0 Å². The van der Waals surface area contributed by atoms with E-state index in [0.29, 0.717) is 11.7 Å². The number of hydrogen-bond acceptors (Lipinski definition) is 1. The number of benzene rings is 1. The van der Waals surface area contributed by atoms with Crippen molar-refractivity contribution in [3.05, 3.63) is 29.1 Å². The molecule has 0 atom stereocenters. The van der Waals surface area contributed by atoms with Gasteiger partial charge in [-0.25, -0.2) is 4.39 Å². The summed E-state index contributed by atoms with van der Waals surface area (Å²) in [6.45, 7) is 1.88. The van der Waals surface area contributed by atoms with Crippen molar-refractivity contribution < 1.29 is 9.13 Å². The summed E-state index contributed by atoms with van der Waals surface area (Å²) in [7, 11) is 0. The Bertz CT molecular complexity index is 417. The highest BCUT2D eigenvalue weighted by molar-refractivity contribution is 5.40. The zero-order valence-corrected chi connectivity index (χ0v) is 10.3. The van der Waals surface area contributed by atoms with E-state index in [2.05, 4.69) is 6.07 Å². The highest BCUT2D eigenvalue weighted by Crippen LogP contribution is 2.43. The summed E-state index contributed by atoms with van der Waals surface area (Å²) in [5, 5.41) is 0. The van der Waals surface area contributed by atoms with Crippen molar-refractivity contribution in [2.75, 3.05) is 0 Å². The minimum atomic E-state index is -0.138. The summed E-state index contributed by atoms with van der Waals surface area (Å²) >= 11 is 0. The number of halogens is 1. The molecule has 2 saturated carbocycles. The van der Waals surface area contributed by atoms with Crippen LogP contribution in [0.25, 0.3) is 0 Å². The van der Waals surface area contributed by atoms with Crippen LogP contribution in [0, 0.1) is 12.7 Å². The second-order valence-corrected chi connectivity index (χ2v) is 5.39. The summed E-state index contributed by atoms with van der Waals surface area (Å²) in [6.07, 6.45) is 7.23. The van der Waals surface area contributed by atoms with Crippen molar-refractivity contribution in [1.82, 2.24) is 0 Å². The third kappa shape index (κ3) is 2.18. The molecule has 0 unspecified atom stereocenters.